The molecule has 0 aliphatic carbocycles. The van der Waals surface area contributed by atoms with E-state index in [9.17, 15) is 4.79 Å². The molecule has 6 heteroatoms. The summed E-state index contributed by atoms with van der Waals surface area (Å²) in [6, 6.07) is 12.1. The van der Waals surface area contributed by atoms with Gasteiger partial charge in [0.25, 0.3) is 5.91 Å². The lowest BCUT2D eigenvalue weighted by molar-refractivity contribution is 0.0942. The quantitative estimate of drug-likeness (QED) is 0.782. The number of rotatable bonds is 6. The van der Waals surface area contributed by atoms with E-state index >= 15 is 0 Å². The van der Waals surface area contributed by atoms with E-state index in [2.05, 4.69) is 38.3 Å². The molecule has 1 N–H and O–H groups in total. The molecule has 2 heterocycles. The monoisotopic (exact) mass is 408 g/mol. The third-order valence-corrected chi connectivity index (χ3v) is 5.96. The van der Waals surface area contributed by atoms with Gasteiger partial charge in [0.05, 0.1) is 21.8 Å². The van der Waals surface area contributed by atoms with Gasteiger partial charge in [-0.2, -0.15) is 0 Å². The zero-order chi connectivity index (χ0) is 16.9. The Hall–Kier alpha value is -1.37. The standard InChI is InChI=1S/C18H21BrN2O2S/c1-23-14-6-4-13(5-7-14)15(21-10-2-3-11-21)12-20-18(22)16-8-9-17(19)24-16/h4-9,15H,2-3,10-12H2,1H3,(H,20,22). The van der Waals surface area contributed by atoms with Gasteiger partial charge in [0.2, 0.25) is 0 Å². The number of thiophene rings is 1. The molecule has 128 valence electrons. The van der Waals surface area contributed by atoms with Crippen molar-refractivity contribution in [2.45, 2.75) is 18.9 Å². The second-order valence-corrected chi connectivity index (χ2v) is 8.31. The third kappa shape index (κ3) is 4.18. The van der Waals surface area contributed by atoms with E-state index in [1.807, 2.05) is 24.3 Å². The molecule has 1 aliphatic heterocycles. The molecular formula is C18H21BrN2O2S. The van der Waals surface area contributed by atoms with E-state index in [1.165, 1.54) is 29.7 Å². The zero-order valence-electron chi connectivity index (χ0n) is 13.6. The van der Waals surface area contributed by atoms with Gasteiger partial charge in [-0.05, 0) is 71.7 Å². The predicted molar refractivity (Wildman–Crippen MR) is 101 cm³/mol. The summed E-state index contributed by atoms with van der Waals surface area (Å²) in [4.78, 5) is 15.5. The van der Waals surface area contributed by atoms with E-state index in [-0.39, 0.29) is 11.9 Å². The van der Waals surface area contributed by atoms with Crippen LogP contribution in [0.3, 0.4) is 0 Å². The van der Waals surface area contributed by atoms with E-state index in [1.54, 1.807) is 7.11 Å². The maximum absolute atomic E-state index is 12.3. The maximum Gasteiger partial charge on any atom is 0.261 e. The molecule has 1 atom stereocenters. The first kappa shape index (κ1) is 17.5. The summed E-state index contributed by atoms with van der Waals surface area (Å²) in [5.41, 5.74) is 1.21. The maximum atomic E-state index is 12.3. The molecule has 0 saturated carbocycles. The van der Waals surface area contributed by atoms with E-state index < -0.39 is 0 Å². The van der Waals surface area contributed by atoms with Crippen molar-refractivity contribution in [3.05, 3.63) is 50.6 Å². The second-order valence-electron chi connectivity index (χ2n) is 5.85. The molecule has 3 rings (SSSR count). The average molecular weight is 409 g/mol. The number of hydrogen-bond donors (Lipinski definition) is 1. The van der Waals surface area contributed by atoms with Crippen LogP contribution in [0.2, 0.25) is 0 Å². The molecule has 0 bridgehead atoms. The highest BCUT2D eigenvalue weighted by molar-refractivity contribution is 9.11. The van der Waals surface area contributed by atoms with Crippen molar-refractivity contribution in [1.29, 1.82) is 0 Å². The highest BCUT2D eigenvalue weighted by Gasteiger charge is 2.24. The number of benzene rings is 1. The number of halogens is 1. The van der Waals surface area contributed by atoms with Gasteiger partial charge in [0, 0.05) is 6.54 Å². The van der Waals surface area contributed by atoms with Crippen molar-refractivity contribution in [2.75, 3.05) is 26.7 Å². The summed E-state index contributed by atoms with van der Waals surface area (Å²) in [6.07, 6.45) is 2.44. The lowest BCUT2D eigenvalue weighted by atomic mass is 10.1. The van der Waals surface area contributed by atoms with Gasteiger partial charge in [-0.25, -0.2) is 0 Å². The fourth-order valence-corrected chi connectivity index (χ4v) is 4.35. The van der Waals surface area contributed by atoms with Crippen LogP contribution in [0, 0.1) is 0 Å². The van der Waals surface area contributed by atoms with Crippen LogP contribution in [0.4, 0.5) is 0 Å². The SMILES string of the molecule is COc1ccc(C(CNC(=O)c2ccc(Br)s2)N2CCCC2)cc1. The first-order chi connectivity index (χ1) is 11.7. The van der Waals surface area contributed by atoms with Crippen LogP contribution in [-0.4, -0.2) is 37.6 Å². The molecule has 1 saturated heterocycles. The van der Waals surface area contributed by atoms with Crippen LogP contribution in [0.25, 0.3) is 0 Å². The minimum absolute atomic E-state index is 0.0107. The zero-order valence-corrected chi connectivity index (χ0v) is 16.0. The van der Waals surface area contributed by atoms with Crippen LogP contribution >= 0.6 is 27.3 Å². The number of methoxy groups -OCH3 is 1. The predicted octanol–water partition coefficient (Wildman–Crippen LogP) is 4.09. The van der Waals surface area contributed by atoms with Crippen molar-refractivity contribution in [3.63, 3.8) is 0 Å². The molecule has 2 aromatic rings. The summed E-state index contributed by atoms with van der Waals surface area (Å²) in [7, 11) is 1.67. The average Bonchev–Trinajstić information content (AvgIpc) is 3.27. The number of nitrogens with zero attached hydrogens (tertiary/aromatic N) is 1. The van der Waals surface area contributed by atoms with Crippen molar-refractivity contribution in [3.8, 4) is 5.75 Å². The van der Waals surface area contributed by atoms with E-state index in [0.717, 1.165) is 27.5 Å². The van der Waals surface area contributed by atoms with Crippen LogP contribution in [0.15, 0.2) is 40.2 Å². The summed E-state index contributed by atoms with van der Waals surface area (Å²) in [6.45, 7) is 2.77. The summed E-state index contributed by atoms with van der Waals surface area (Å²) < 4.78 is 6.22. The van der Waals surface area contributed by atoms with Gasteiger partial charge >= 0.3 is 0 Å². The first-order valence-electron chi connectivity index (χ1n) is 8.09. The number of amides is 1. The minimum Gasteiger partial charge on any atom is -0.497 e. The summed E-state index contributed by atoms with van der Waals surface area (Å²) >= 11 is 4.86. The van der Waals surface area contributed by atoms with E-state index in [4.69, 9.17) is 4.74 Å². The first-order valence-corrected chi connectivity index (χ1v) is 9.70. The fraction of sp³-hybridized carbons (Fsp3) is 0.389. The van der Waals surface area contributed by atoms with Gasteiger partial charge in [0.15, 0.2) is 0 Å². The third-order valence-electron chi connectivity index (χ3n) is 4.33. The Kier molecular flexibility index (Phi) is 5.92. The number of carbonyl (C=O) groups excluding carboxylic acids is 1. The number of likely N-dealkylation sites (tertiary alicyclic amines) is 1. The van der Waals surface area contributed by atoms with Gasteiger partial charge in [-0.15, -0.1) is 11.3 Å². The topological polar surface area (TPSA) is 41.6 Å². The highest BCUT2D eigenvalue weighted by Crippen LogP contribution is 2.27. The molecule has 1 amide bonds. The number of nitrogens with one attached hydrogen (secondary N) is 1. The Balaban J connectivity index is 1.71. The second kappa shape index (κ2) is 8.14. The molecule has 1 aromatic heterocycles. The molecule has 0 spiro atoms. The Labute approximate surface area is 154 Å². The van der Waals surface area contributed by atoms with Gasteiger partial charge in [-0.1, -0.05) is 12.1 Å². The van der Waals surface area contributed by atoms with Crippen molar-refractivity contribution < 1.29 is 9.53 Å². The fourth-order valence-electron chi connectivity index (χ4n) is 3.05. The molecule has 1 fully saturated rings. The number of ether oxygens (including phenoxy) is 1. The lowest BCUT2D eigenvalue weighted by Crippen LogP contribution is -2.36. The molecule has 1 unspecified atom stereocenters. The Bertz CT molecular complexity index is 681. The van der Waals surface area contributed by atoms with E-state index in [0.29, 0.717) is 6.54 Å². The van der Waals surface area contributed by atoms with Crippen molar-refractivity contribution >= 4 is 33.2 Å². The minimum atomic E-state index is -0.0107. The van der Waals surface area contributed by atoms with Crippen molar-refractivity contribution in [1.82, 2.24) is 10.2 Å². The largest absolute Gasteiger partial charge is 0.497 e. The Morgan fingerprint density at radius 3 is 2.54 bits per heavy atom. The molecule has 4 nitrogen and oxygen atoms in total. The van der Waals surface area contributed by atoms with Crippen LogP contribution in [0.5, 0.6) is 5.75 Å². The van der Waals surface area contributed by atoms with Crippen molar-refractivity contribution in [2.24, 2.45) is 0 Å². The van der Waals surface area contributed by atoms with Gasteiger partial charge in [-0.3, -0.25) is 9.69 Å². The smallest absolute Gasteiger partial charge is 0.261 e. The van der Waals surface area contributed by atoms with Gasteiger partial charge < -0.3 is 10.1 Å². The van der Waals surface area contributed by atoms with Crippen LogP contribution in [-0.2, 0) is 0 Å². The molecular weight excluding hydrogens is 388 g/mol. The molecule has 1 aromatic carbocycles. The van der Waals surface area contributed by atoms with Gasteiger partial charge in [0.1, 0.15) is 5.75 Å². The van der Waals surface area contributed by atoms with Crippen LogP contribution in [0.1, 0.15) is 34.1 Å². The Morgan fingerprint density at radius 1 is 1.25 bits per heavy atom. The van der Waals surface area contributed by atoms with Crippen LogP contribution < -0.4 is 10.1 Å². The lowest BCUT2D eigenvalue weighted by Gasteiger charge is -2.28. The molecule has 1 aliphatic rings. The Morgan fingerprint density at radius 2 is 1.96 bits per heavy atom. The normalized spacial score (nSPS) is 16.1. The molecule has 0 radical (unpaired) electrons. The number of hydrogen-bond acceptors (Lipinski definition) is 4. The number of carbonyl (C=O) groups is 1. The highest BCUT2D eigenvalue weighted by atomic mass is 79.9. The molecule has 24 heavy (non-hydrogen) atoms. The summed E-state index contributed by atoms with van der Waals surface area (Å²) in [5.74, 6) is 0.842. The summed E-state index contributed by atoms with van der Waals surface area (Å²) in [5, 5.41) is 3.09.